The lowest BCUT2D eigenvalue weighted by atomic mass is 10.1. The van der Waals surface area contributed by atoms with E-state index in [9.17, 15) is 4.39 Å². The first-order valence-electron chi connectivity index (χ1n) is 5.83. The molecular weight excluding hydrogens is 269 g/mol. The average molecular weight is 284 g/mol. The van der Waals surface area contributed by atoms with Crippen LogP contribution in [0.3, 0.4) is 0 Å². The summed E-state index contributed by atoms with van der Waals surface area (Å²) < 4.78 is 14.4. The third kappa shape index (κ3) is 3.10. The maximum Gasteiger partial charge on any atom is 0.127 e. The Kier molecular flexibility index (Phi) is 4.38. The number of hydrogen-bond donors (Lipinski definition) is 1. The number of hydrogen-bond acceptors (Lipinski definition) is 2. The highest BCUT2D eigenvalue weighted by Crippen LogP contribution is 2.28. The van der Waals surface area contributed by atoms with Gasteiger partial charge >= 0.3 is 0 Å². The van der Waals surface area contributed by atoms with E-state index in [-0.39, 0.29) is 17.9 Å². The number of rotatable bonds is 4. The van der Waals surface area contributed by atoms with Crippen LogP contribution >= 0.6 is 22.9 Å². The predicted octanol–water partition coefficient (Wildman–Crippen LogP) is 4.95. The Hall–Kier alpha value is -0.900. The molecule has 96 valence electrons. The molecule has 2 atom stereocenters. The van der Waals surface area contributed by atoms with Crippen molar-refractivity contribution >= 4 is 22.9 Å². The van der Waals surface area contributed by atoms with E-state index in [0.717, 1.165) is 9.21 Å². The zero-order valence-electron chi connectivity index (χ0n) is 10.3. The van der Waals surface area contributed by atoms with Crippen molar-refractivity contribution in [3.05, 3.63) is 57.0 Å². The van der Waals surface area contributed by atoms with Crippen molar-refractivity contribution < 1.29 is 4.39 Å². The summed E-state index contributed by atoms with van der Waals surface area (Å²) in [5, 5.41) is 3.38. The summed E-state index contributed by atoms with van der Waals surface area (Å²) >= 11 is 7.46. The second-order valence-corrected chi connectivity index (χ2v) is 6.02. The maximum atomic E-state index is 13.6. The van der Waals surface area contributed by atoms with Gasteiger partial charge in [-0.2, -0.15) is 0 Å². The molecular formula is C14H15ClFNS. The fraction of sp³-hybridized carbons (Fsp3) is 0.286. The fourth-order valence-corrected chi connectivity index (χ4v) is 3.01. The van der Waals surface area contributed by atoms with Gasteiger partial charge in [0.15, 0.2) is 0 Å². The monoisotopic (exact) mass is 283 g/mol. The molecule has 2 unspecified atom stereocenters. The summed E-state index contributed by atoms with van der Waals surface area (Å²) in [7, 11) is 0. The van der Waals surface area contributed by atoms with Gasteiger partial charge < -0.3 is 5.32 Å². The molecule has 0 fully saturated rings. The SMILES string of the molecule is CC(NC(C)c1ccccc1F)c1ccc(Cl)s1. The number of nitrogens with one attached hydrogen (secondary N) is 1. The van der Waals surface area contributed by atoms with E-state index in [4.69, 9.17) is 11.6 Å². The van der Waals surface area contributed by atoms with Crippen molar-refractivity contribution in [1.29, 1.82) is 0 Å². The molecule has 2 rings (SSSR count). The van der Waals surface area contributed by atoms with Crippen molar-refractivity contribution in [2.45, 2.75) is 25.9 Å². The third-order valence-corrected chi connectivity index (χ3v) is 4.31. The minimum atomic E-state index is -0.172. The molecule has 0 aliphatic rings. The molecule has 1 N–H and O–H groups in total. The van der Waals surface area contributed by atoms with Gasteiger partial charge in [0.25, 0.3) is 0 Å². The smallest absolute Gasteiger partial charge is 0.127 e. The minimum Gasteiger partial charge on any atom is -0.303 e. The highest BCUT2D eigenvalue weighted by atomic mass is 35.5. The van der Waals surface area contributed by atoms with E-state index in [1.54, 1.807) is 23.5 Å². The van der Waals surface area contributed by atoms with Crippen LogP contribution in [0.2, 0.25) is 4.34 Å². The molecule has 18 heavy (non-hydrogen) atoms. The molecule has 0 aliphatic heterocycles. The lowest BCUT2D eigenvalue weighted by Crippen LogP contribution is -2.22. The van der Waals surface area contributed by atoms with Gasteiger partial charge in [0, 0.05) is 22.5 Å². The van der Waals surface area contributed by atoms with E-state index in [1.807, 2.05) is 25.1 Å². The van der Waals surface area contributed by atoms with Gasteiger partial charge in [-0.1, -0.05) is 29.8 Å². The first kappa shape index (κ1) is 13.5. The van der Waals surface area contributed by atoms with Crippen LogP contribution in [0.4, 0.5) is 4.39 Å². The molecule has 0 saturated carbocycles. The number of halogens is 2. The summed E-state index contributed by atoms with van der Waals surface area (Å²) in [6.07, 6.45) is 0. The van der Waals surface area contributed by atoms with Crippen LogP contribution in [0, 0.1) is 5.82 Å². The first-order chi connectivity index (χ1) is 8.58. The molecule has 1 aromatic carbocycles. The van der Waals surface area contributed by atoms with E-state index < -0.39 is 0 Å². The van der Waals surface area contributed by atoms with E-state index in [0.29, 0.717) is 5.56 Å². The number of benzene rings is 1. The Labute approximate surface area is 116 Å². The van der Waals surface area contributed by atoms with Crippen molar-refractivity contribution in [2.24, 2.45) is 0 Å². The molecule has 1 aromatic heterocycles. The van der Waals surface area contributed by atoms with Crippen LogP contribution < -0.4 is 5.32 Å². The standard InChI is InChI=1S/C14H15ClFNS/c1-9(11-5-3-4-6-12(11)16)17-10(2)13-7-8-14(15)18-13/h3-10,17H,1-2H3. The third-order valence-electron chi connectivity index (χ3n) is 2.89. The molecule has 0 spiro atoms. The van der Waals surface area contributed by atoms with Crippen molar-refractivity contribution in [2.75, 3.05) is 0 Å². The Morgan fingerprint density at radius 1 is 1.11 bits per heavy atom. The topological polar surface area (TPSA) is 12.0 Å². The van der Waals surface area contributed by atoms with Gasteiger partial charge in [0.2, 0.25) is 0 Å². The van der Waals surface area contributed by atoms with E-state index in [1.165, 1.54) is 6.07 Å². The summed E-state index contributed by atoms with van der Waals surface area (Å²) in [5.41, 5.74) is 0.687. The Bertz CT molecular complexity index is 526. The van der Waals surface area contributed by atoms with Crippen LogP contribution in [0.5, 0.6) is 0 Å². The fourth-order valence-electron chi connectivity index (χ4n) is 1.93. The van der Waals surface area contributed by atoms with Crippen molar-refractivity contribution in [1.82, 2.24) is 5.32 Å². The molecule has 0 saturated heterocycles. The summed E-state index contributed by atoms with van der Waals surface area (Å²) in [5.74, 6) is -0.172. The molecule has 0 aliphatic carbocycles. The second-order valence-electron chi connectivity index (χ2n) is 4.27. The maximum absolute atomic E-state index is 13.6. The highest BCUT2D eigenvalue weighted by molar-refractivity contribution is 7.16. The summed E-state index contributed by atoms with van der Waals surface area (Å²) in [6.45, 7) is 4.02. The van der Waals surface area contributed by atoms with Crippen molar-refractivity contribution in [3.63, 3.8) is 0 Å². The molecule has 2 aromatic rings. The molecule has 0 radical (unpaired) electrons. The normalized spacial score (nSPS) is 14.4. The summed E-state index contributed by atoms with van der Waals surface area (Å²) in [4.78, 5) is 1.16. The van der Waals surface area contributed by atoms with Crippen LogP contribution in [0.15, 0.2) is 36.4 Å². The van der Waals surface area contributed by atoms with Gasteiger partial charge in [0.1, 0.15) is 5.82 Å². The number of thiophene rings is 1. The minimum absolute atomic E-state index is 0.0397. The first-order valence-corrected chi connectivity index (χ1v) is 7.03. The molecule has 1 heterocycles. The molecule has 1 nitrogen and oxygen atoms in total. The van der Waals surface area contributed by atoms with Crippen LogP contribution in [-0.2, 0) is 0 Å². The summed E-state index contributed by atoms with van der Waals surface area (Å²) in [6, 6.07) is 10.8. The van der Waals surface area contributed by atoms with Crippen molar-refractivity contribution in [3.8, 4) is 0 Å². The lowest BCUT2D eigenvalue weighted by molar-refractivity contribution is 0.478. The Balaban J connectivity index is 2.08. The quantitative estimate of drug-likeness (QED) is 0.837. The second kappa shape index (κ2) is 5.83. The molecule has 0 amide bonds. The van der Waals surface area contributed by atoms with Crippen LogP contribution in [0.1, 0.15) is 36.4 Å². The van der Waals surface area contributed by atoms with E-state index >= 15 is 0 Å². The molecule has 4 heteroatoms. The zero-order valence-corrected chi connectivity index (χ0v) is 11.9. The Morgan fingerprint density at radius 3 is 2.44 bits per heavy atom. The zero-order chi connectivity index (χ0) is 13.1. The van der Waals surface area contributed by atoms with E-state index in [2.05, 4.69) is 12.2 Å². The Morgan fingerprint density at radius 2 is 1.83 bits per heavy atom. The average Bonchev–Trinajstić information content (AvgIpc) is 2.76. The lowest BCUT2D eigenvalue weighted by Gasteiger charge is -2.19. The van der Waals surface area contributed by atoms with Gasteiger partial charge in [-0.05, 0) is 32.0 Å². The van der Waals surface area contributed by atoms with Gasteiger partial charge in [-0.25, -0.2) is 4.39 Å². The van der Waals surface area contributed by atoms with Gasteiger partial charge in [-0.15, -0.1) is 11.3 Å². The highest BCUT2D eigenvalue weighted by Gasteiger charge is 2.15. The van der Waals surface area contributed by atoms with Crippen LogP contribution in [0.25, 0.3) is 0 Å². The predicted molar refractivity (Wildman–Crippen MR) is 75.7 cm³/mol. The van der Waals surface area contributed by atoms with Gasteiger partial charge in [0.05, 0.1) is 4.34 Å². The largest absolute Gasteiger partial charge is 0.303 e. The van der Waals surface area contributed by atoms with Gasteiger partial charge in [-0.3, -0.25) is 0 Å². The molecule has 0 bridgehead atoms. The van der Waals surface area contributed by atoms with Crippen LogP contribution in [-0.4, -0.2) is 0 Å².